The van der Waals surface area contributed by atoms with Gasteiger partial charge in [0.1, 0.15) is 0 Å². The maximum absolute atomic E-state index is 13.1. The molecule has 21 heavy (non-hydrogen) atoms. The highest BCUT2D eigenvalue weighted by molar-refractivity contribution is 7.10. The fourth-order valence-corrected chi connectivity index (χ4v) is 5.07. The molecule has 1 aromatic heterocycles. The lowest BCUT2D eigenvalue weighted by Crippen LogP contribution is -2.45. The summed E-state index contributed by atoms with van der Waals surface area (Å²) < 4.78 is 0. The van der Waals surface area contributed by atoms with E-state index in [1.807, 2.05) is 11.3 Å². The third kappa shape index (κ3) is 3.29. The van der Waals surface area contributed by atoms with Crippen LogP contribution in [0.4, 0.5) is 0 Å². The van der Waals surface area contributed by atoms with Crippen LogP contribution < -0.4 is 0 Å². The van der Waals surface area contributed by atoms with Crippen molar-refractivity contribution in [2.75, 3.05) is 12.4 Å². The summed E-state index contributed by atoms with van der Waals surface area (Å²) in [5.74, 6) is 0.970. The Labute approximate surface area is 136 Å². The summed E-state index contributed by atoms with van der Waals surface area (Å²) in [6, 6.07) is 2.59. The van der Waals surface area contributed by atoms with Crippen LogP contribution in [0.25, 0.3) is 0 Å². The van der Waals surface area contributed by atoms with Gasteiger partial charge in [0.2, 0.25) is 5.91 Å². The first-order chi connectivity index (χ1) is 10.3. The fourth-order valence-electron chi connectivity index (χ4n) is 3.90. The van der Waals surface area contributed by atoms with Crippen LogP contribution in [0.3, 0.4) is 0 Å². The van der Waals surface area contributed by atoms with E-state index in [-0.39, 0.29) is 5.92 Å². The molecule has 0 spiro atoms. The van der Waals surface area contributed by atoms with Gasteiger partial charge in [0.25, 0.3) is 0 Å². The van der Waals surface area contributed by atoms with Crippen LogP contribution in [0.5, 0.6) is 0 Å². The second-order valence-corrected chi connectivity index (χ2v) is 7.64. The zero-order chi connectivity index (χ0) is 14.7. The zero-order valence-electron chi connectivity index (χ0n) is 12.5. The maximum Gasteiger partial charge on any atom is 0.230 e. The molecular formula is C17H24ClNOS. The largest absolute Gasteiger partial charge is 0.338 e. The van der Waals surface area contributed by atoms with Crippen molar-refractivity contribution in [1.82, 2.24) is 4.90 Å². The summed E-state index contributed by atoms with van der Waals surface area (Å²) in [7, 11) is 0. The molecule has 4 heteroatoms. The van der Waals surface area contributed by atoms with Crippen LogP contribution >= 0.6 is 22.9 Å². The van der Waals surface area contributed by atoms with Gasteiger partial charge >= 0.3 is 0 Å². The van der Waals surface area contributed by atoms with Gasteiger partial charge in [-0.25, -0.2) is 0 Å². The Bertz CT molecular complexity index is 481. The van der Waals surface area contributed by atoms with E-state index in [9.17, 15) is 4.79 Å². The van der Waals surface area contributed by atoms with E-state index < -0.39 is 0 Å². The quantitative estimate of drug-likeness (QED) is 0.743. The van der Waals surface area contributed by atoms with Gasteiger partial charge in [0, 0.05) is 23.3 Å². The van der Waals surface area contributed by atoms with Gasteiger partial charge in [-0.1, -0.05) is 19.3 Å². The first-order valence-electron chi connectivity index (χ1n) is 8.24. The molecule has 0 bridgehead atoms. The molecule has 1 heterocycles. The van der Waals surface area contributed by atoms with Crippen molar-refractivity contribution >= 4 is 28.8 Å². The lowest BCUT2D eigenvalue weighted by molar-refractivity contribution is -0.135. The number of fused-ring (bicyclic) bond motifs is 1. The molecule has 3 rings (SSSR count). The Morgan fingerprint density at radius 3 is 2.81 bits per heavy atom. The topological polar surface area (TPSA) is 20.3 Å². The van der Waals surface area contributed by atoms with E-state index in [1.54, 1.807) is 0 Å². The van der Waals surface area contributed by atoms with Crippen LogP contribution in [-0.2, 0) is 11.2 Å². The molecule has 2 nitrogen and oxygen atoms in total. The molecule has 1 aromatic rings. The number of aryl methyl sites for hydroxylation is 1. The van der Waals surface area contributed by atoms with Crippen LogP contribution in [0.15, 0.2) is 11.4 Å². The Kier molecular flexibility index (Phi) is 5.23. The van der Waals surface area contributed by atoms with E-state index in [2.05, 4.69) is 16.3 Å². The van der Waals surface area contributed by atoms with Crippen LogP contribution in [0, 0.1) is 0 Å². The molecule has 2 aliphatic rings. The molecule has 116 valence electrons. The highest BCUT2D eigenvalue weighted by Crippen LogP contribution is 2.37. The number of amides is 1. The average Bonchev–Trinajstić information content (AvgIpc) is 3.01. The van der Waals surface area contributed by atoms with Gasteiger partial charge in [-0.2, -0.15) is 0 Å². The number of hydrogen-bond donors (Lipinski definition) is 0. The number of halogens is 1. The van der Waals surface area contributed by atoms with E-state index in [1.165, 1.54) is 29.7 Å². The van der Waals surface area contributed by atoms with E-state index in [0.29, 0.717) is 24.4 Å². The van der Waals surface area contributed by atoms with Gasteiger partial charge in [-0.15, -0.1) is 22.9 Å². The minimum Gasteiger partial charge on any atom is -0.338 e. The summed E-state index contributed by atoms with van der Waals surface area (Å²) in [6.45, 7) is 0.709. The molecule has 2 aliphatic carbocycles. The SMILES string of the molecule is O=C(C1CCCc2sccc21)N(CCCl)C1CCCCC1. The number of rotatable bonds is 4. The zero-order valence-corrected chi connectivity index (χ0v) is 14.1. The van der Waals surface area contributed by atoms with Crippen molar-refractivity contribution in [2.24, 2.45) is 0 Å². The van der Waals surface area contributed by atoms with Gasteiger partial charge in [0.15, 0.2) is 0 Å². The van der Waals surface area contributed by atoms with Crippen molar-refractivity contribution in [3.05, 3.63) is 21.9 Å². The molecule has 1 atom stereocenters. The molecule has 1 unspecified atom stereocenters. The molecular weight excluding hydrogens is 302 g/mol. The van der Waals surface area contributed by atoms with Crippen molar-refractivity contribution < 1.29 is 4.79 Å². The van der Waals surface area contributed by atoms with Gasteiger partial charge < -0.3 is 4.90 Å². The summed E-state index contributed by atoms with van der Waals surface area (Å²) in [5, 5.41) is 2.14. The third-order valence-electron chi connectivity index (χ3n) is 4.97. The lowest BCUT2D eigenvalue weighted by atomic mass is 9.85. The number of nitrogens with zero attached hydrogens (tertiary/aromatic N) is 1. The van der Waals surface area contributed by atoms with E-state index >= 15 is 0 Å². The fraction of sp³-hybridized carbons (Fsp3) is 0.706. The van der Waals surface area contributed by atoms with Crippen LogP contribution in [-0.4, -0.2) is 29.3 Å². The van der Waals surface area contributed by atoms with Gasteiger partial charge in [-0.3, -0.25) is 4.79 Å². The van der Waals surface area contributed by atoms with Crippen molar-refractivity contribution in [1.29, 1.82) is 0 Å². The third-order valence-corrected chi connectivity index (χ3v) is 6.14. The first kappa shape index (κ1) is 15.4. The smallest absolute Gasteiger partial charge is 0.230 e. The number of carbonyl (C=O) groups excluding carboxylic acids is 1. The number of carbonyl (C=O) groups is 1. The van der Waals surface area contributed by atoms with Crippen LogP contribution in [0.1, 0.15) is 61.3 Å². The number of hydrogen-bond acceptors (Lipinski definition) is 2. The summed E-state index contributed by atoms with van der Waals surface area (Å²) in [6.07, 6.45) is 9.44. The normalized spacial score (nSPS) is 22.8. The molecule has 0 saturated heterocycles. The monoisotopic (exact) mass is 325 g/mol. The maximum atomic E-state index is 13.1. The molecule has 0 radical (unpaired) electrons. The van der Waals surface area contributed by atoms with Crippen molar-refractivity contribution in [3.8, 4) is 0 Å². The lowest BCUT2D eigenvalue weighted by Gasteiger charge is -2.37. The Balaban J connectivity index is 1.78. The molecule has 1 saturated carbocycles. The van der Waals surface area contributed by atoms with Gasteiger partial charge in [0.05, 0.1) is 5.92 Å². The van der Waals surface area contributed by atoms with E-state index in [0.717, 1.165) is 32.1 Å². The minimum atomic E-state index is 0.0881. The van der Waals surface area contributed by atoms with Gasteiger partial charge in [-0.05, 0) is 49.1 Å². The molecule has 0 aromatic carbocycles. The highest BCUT2D eigenvalue weighted by atomic mass is 35.5. The second-order valence-electron chi connectivity index (χ2n) is 6.26. The Morgan fingerprint density at radius 2 is 2.05 bits per heavy atom. The van der Waals surface area contributed by atoms with Crippen molar-refractivity contribution in [2.45, 2.75) is 63.3 Å². The predicted octanol–water partition coefficient (Wildman–Crippen LogP) is 4.57. The van der Waals surface area contributed by atoms with E-state index in [4.69, 9.17) is 11.6 Å². The molecule has 0 aliphatic heterocycles. The summed E-state index contributed by atoms with van der Waals surface area (Å²) >= 11 is 7.80. The standard InChI is InChI=1S/C17H24ClNOS/c18-10-11-19(13-5-2-1-3-6-13)17(20)15-7-4-8-16-14(15)9-12-21-16/h9,12-13,15H,1-8,10-11H2. The number of alkyl halides is 1. The highest BCUT2D eigenvalue weighted by Gasteiger charge is 2.33. The van der Waals surface area contributed by atoms with Crippen molar-refractivity contribution in [3.63, 3.8) is 0 Å². The first-order valence-corrected chi connectivity index (χ1v) is 9.65. The molecule has 0 N–H and O–H groups in total. The minimum absolute atomic E-state index is 0.0881. The molecule has 1 fully saturated rings. The second kappa shape index (κ2) is 7.15. The summed E-state index contributed by atoms with van der Waals surface area (Å²) in [4.78, 5) is 16.7. The Morgan fingerprint density at radius 1 is 1.24 bits per heavy atom. The number of thiophene rings is 1. The Hall–Kier alpha value is -0.540. The molecule has 1 amide bonds. The average molecular weight is 326 g/mol. The summed E-state index contributed by atoms with van der Waals surface area (Å²) in [5.41, 5.74) is 1.30. The predicted molar refractivity (Wildman–Crippen MR) is 89.3 cm³/mol. The van der Waals surface area contributed by atoms with Crippen LogP contribution in [0.2, 0.25) is 0 Å².